The van der Waals surface area contributed by atoms with E-state index in [0.717, 1.165) is 37.0 Å². The molecule has 3 fully saturated rings. The van der Waals surface area contributed by atoms with E-state index in [9.17, 15) is 22.8 Å². The highest BCUT2D eigenvalue weighted by molar-refractivity contribution is 7.89. The van der Waals surface area contributed by atoms with Gasteiger partial charge in [0.25, 0.3) is 5.91 Å². The van der Waals surface area contributed by atoms with E-state index in [0.29, 0.717) is 19.7 Å². The molecule has 1 aliphatic carbocycles. The lowest BCUT2D eigenvalue weighted by atomic mass is 9.96. The third kappa shape index (κ3) is 4.56. The molecule has 10 nitrogen and oxygen atoms in total. The zero-order valence-electron chi connectivity index (χ0n) is 18.9. The van der Waals surface area contributed by atoms with Gasteiger partial charge in [0, 0.05) is 18.8 Å². The Morgan fingerprint density at radius 3 is 2.55 bits per heavy atom. The van der Waals surface area contributed by atoms with Gasteiger partial charge in [-0.15, -0.1) is 0 Å². The van der Waals surface area contributed by atoms with Gasteiger partial charge in [-0.25, -0.2) is 13.2 Å². The third-order valence-electron chi connectivity index (χ3n) is 6.46. The van der Waals surface area contributed by atoms with Crippen molar-refractivity contribution in [2.45, 2.75) is 56.4 Å². The lowest BCUT2D eigenvalue weighted by Crippen LogP contribution is -2.46. The molecule has 2 N–H and O–H groups in total. The molecule has 0 unspecified atom stereocenters. The highest BCUT2D eigenvalue weighted by Gasteiger charge is 2.56. The van der Waals surface area contributed by atoms with Crippen LogP contribution >= 0.6 is 0 Å². The summed E-state index contributed by atoms with van der Waals surface area (Å²) in [5.74, 6) is -0.694. The molecule has 0 radical (unpaired) electrons. The Labute approximate surface area is 193 Å². The summed E-state index contributed by atoms with van der Waals surface area (Å²) in [7, 11) is -3.80. The number of urea groups is 1. The second-order valence-electron chi connectivity index (χ2n) is 8.91. The second kappa shape index (κ2) is 8.94. The standard InChI is InChI=1S/C22H30N4O6S/c1-3-32-17-10-9-16(13-18(17)33(30,31)25-11-5-4-6-12-25)23-19(27)14-26-20(28)22(2,15-7-8-15)24-21(26)29/h9-10,13,15H,3-8,11-12,14H2,1-2H3,(H,23,27)(H,24,29)/t22-/m1/s1. The number of benzene rings is 1. The predicted molar refractivity (Wildman–Crippen MR) is 120 cm³/mol. The Morgan fingerprint density at radius 1 is 1.21 bits per heavy atom. The van der Waals surface area contributed by atoms with Gasteiger partial charge in [-0.05, 0) is 63.6 Å². The van der Waals surface area contributed by atoms with Crippen LogP contribution in [-0.2, 0) is 19.6 Å². The Hall–Kier alpha value is -2.66. The Bertz CT molecular complexity index is 1060. The SMILES string of the molecule is CCOc1ccc(NC(=O)CN2C(=O)N[C@](C)(C3CC3)C2=O)cc1S(=O)(=O)N1CCCCC1. The molecule has 2 aliphatic heterocycles. The number of carbonyl (C=O) groups is 3. The molecule has 0 spiro atoms. The number of sulfonamides is 1. The maximum Gasteiger partial charge on any atom is 0.325 e. The van der Waals surface area contributed by atoms with Gasteiger partial charge in [0.2, 0.25) is 15.9 Å². The zero-order chi connectivity index (χ0) is 23.8. The minimum absolute atomic E-state index is 0.0136. The molecule has 180 valence electrons. The van der Waals surface area contributed by atoms with Crippen molar-refractivity contribution in [1.82, 2.24) is 14.5 Å². The molecule has 4 amide bonds. The van der Waals surface area contributed by atoms with Crippen molar-refractivity contribution in [3.8, 4) is 5.75 Å². The summed E-state index contributed by atoms with van der Waals surface area (Å²) in [5, 5.41) is 5.32. The Morgan fingerprint density at radius 2 is 1.91 bits per heavy atom. The lowest BCUT2D eigenvalue weighted by molar-refractivity contribution is -0.134. The van der Waals surface area contributed by atoms with Crippen molar-refractivity contribution < 1.29 is 27.5 Å². The largest absolute Gasteiger partial charge is 0.492 e. The van der Waals surface area contributed by atoms with Gasteiger partial charge in [-0.2, -0.15) is 4.31 Å². The Balaban J connectivity index is 1.51. The predicted octanol–water partition coefficient (Wildman–Crippen LogP) is 1.92. The number of anilines is 1. The van der Waals surface area contributed by atoms with E-state index in [1.807, 2.05) is 0 Å². The topological polar surface area (TPSA) is 125 Å². The summed E-state index contributed by atoms with van der Waals surface area (Å²) in [6.07, 6.45) is 4.31. The maximum atomic E-state index is 13.3. The van der Waals surface area contributed by atoms with Crippen LogP contribution in [0.5, 0.6) is 5.75 Å². The average Bonchev–Trinajstić information content (AvgIpc) is 3.61. The molecule has 0 aromatic heterocycles. The molecular formula is C22H30N4O6S. The number of ether oxygens (including phenoxy) is 1. The Kier molecular flexibility index (Phi) is 6.37. The summed E-state index contributed by atoms with van der Waals surface area (Å²) in [6, 6.07) is 3.82. The van der Waals surface area contributed by atoms with Gasteiger partial charge in [0.05, 0.1) is 6.61 Å². The number of carbonyl (C=O) groups excluding carboxylic acids is 3. The summed E-state index contributed by atoms with van der Waals surface area (Å²) in [5.41, 5.74) is -0.720. The summed E-state index contributed by atoms with van der Waals surface area (Å²) >= 11 is 0. The van der Waals surface area contributed by atoms with Gasteiger partial charge in [0.1, 0.15) is 22.7 Å². The maximum absolute atomic E-state index is 13.3. The van der Waals surface area contributed by atoms with E-state index in [2.05, 4.69) is 10.6 Å². The van der Waals surface area contributed by atoms with E-state index >= 15 is 0 Å². The molecule has 2 heterocycles. The van der Waals surface area contributed by atoms with Crippen molar-refractivity contribution in [3.63, 3.8) is 0 Å². The smallest absolute Gasteiger partial charge is 0.325 e. The zero-order valence-corrected chi connectivity index (χ0v) is 19.7. The van der Waals surface area contributed by atoms with Crippen LogP contribution in [0.25, 0.3) is 0 Å². The minimum atomic E-state index is -3.80. The molecule has 11 heteroatoms. The first-order chi connectivity index (χ1) is 15.7. The number of amides is 4. The number of nitrogens with zero attached hydrogens (tertiary/aromatic N) is 2. The van der Waals surface area contributed by atoms with Crippen LogP contribution in [0.1, 0.15) is 46.0 Å². The molecule has 3 aliphatic rings. The van der Waals surface area contributed by atoms with Crippen LogP contribution in [0.3, 0.4) is 0 Å². The van der Waals surface area contributed by atoms with Gasteiger partial charge in [-0.3, -0.25) is 14.5 Å². The van der Waals surface area contributed by atoms with E-state index in [-0.39, 0.29) is 22.3 Å². The van der Waals surface area contributed by atoms with Crippen molar-refractivity contribution in [1.29, 1.82) is 0 Å². The van der Waals surface area contributed by atoms with Crippen molar-refractivity contribution in [2.75, 3.05) is 31.6 Å². The summed E-state index contributed by atoms with van der Waals surface area (Å²) < 4.78 is 33.5. The highest BCUT2D eigenvalue weighted by Crippen LogP contribution is 2.42. The minimum Gasteiger partial charge on any atom is -0.492 e. The highest BCUT2D eigenvalue weighted by atomic mass is 32.2. The van der Waals surface area contributed by atoms with Gasteiger partial charge < -0.3 is 15.4 Å². The van der Waals surface area contributed by atoms with Gasteiger partial charge in [-0.1, -0.05) is 6.42 Å². The fraction of sp³-hybridized carbons (Fsp3) is 0.591. The summed E-state index contributed by atoms with van der Waals surface area (Å²) in [4.78, 5) is 38.6. The number of rotatable bonds is 8. The molecule has 33 heavy (non-hydrogen) atoms. The van der Waals surface area contributed by atoms with Crippen LogP contribution in [0.2, 0.25) is 0 Å². The van der Waals surface area contributed by atoms with E-state index < -0.39 is 40.0 Å². The monoisotopic (exact) mass is 478 g/mol. The number of hydrogen-bond acceptors (Lipinski definition) is 6. The van der Waals surface area contributed by atoms with Crippen LogP contribution in [-0.4, -0.2) is 67.2 Å². The van der Waals surface area contributed by atoms with Crippen LogP contribution in [0, 0.1) is 5.92 Å². The van der Waals surface area contributed by atoms with Crippen LogP contribution in [0.15, 0.2) is 23.1 Å². The van der Waals surface area contributed by atoms with Crippen molar-refractivity contribution in [3.05, 3.63) is 18.2 Å². The molecule has 2 saturated heterocycles. The third-order valence-corrected chi connectivity index (χ3v) is 8.38. The quantitative estimate of drug-likeness (QED) is 0.550. The lowest BCUT2D eigenvalue weighted by Gasteiger charge is -2.27. The molecule has 4 rings (SSSR count). The average molecular weight is 479 g/mol. The molecule has 1 atom stereocenters. The molecular weight excluding hydrogens is 448 g/mol. The van der Waals surface area contributed by atoms with E-state index in [1.54, 1.807) is 13.8 Å². The number of hydrogen-bond donors (Lipinski definition) is 2. The fourth-order valence-electron chi connectivity index (χ4n) is 4.45. The fourth-order valence-corrected chi connectivity index (χ4v) is 6.12. The summed E-state index contributed by atoms with van der Waals surface area (Å²) in [6.45, 7) is 4.18. The number of piperidine rings is 1. The first-order valence-corrected chi connectivity index (χ1v) is 12.8. The normalized spacial score (nSPS) is 24.0. The molecule has 0 bridgehead atoms. The second-order valence-corrected chi connectivity index (χ2v) is 10.8. The van der Waals surface area contributed by atoms with Gasteiger partial charge >= 0.3 is 6.03 Å². The van der Waals surface area contributed by atoms with Crippen molar-refractivity contribution >= 4 is 33.6 Å². The van der Waals surface area contributed by atoms with Crippen LogP contribution < -0.4 is 15.4 Å². The number of imide groups is 1. The first-order valence-electron chi connectivity index (χ1n) is 11.4. The first kappa shape index (κ1) is 23.5. The van der Waals surface area contributed by atoms with E-state index in [1.165, 1.54) is 22.5 Å². The number of nitrogens with one attached hydrogen (secondary N) is 2. The molecule has 1 saturated carbocycles. The van der Waals surface area contributed by atoms with Gasteiger partial charge in [0.15, 0.2) is 0 Å². The van der Waals surface area contributed by atoms with Crippen LogP contribution in [0.4, 0.5) is 10.5 Å². The molecule has 1 aromatic rings. The van der Waals surface area contributed by atoms with Crippen molar-refractivity contribution in [2.24, 2.45) is 5.92 Å². The molecule has 1 aromatic carbocycles. The van der Waals surface area contributed by atoms with E-state index in [4.69, 9.17) is 4.74 Å².